The third-order valence-corrected chi connectivity index (χ3v) is 5.10. The first-order valence-corrected chi connectivity index (χ1v) is 7.98. The molecule has 0 bridgehead atoms. The van der Waals surface area contributed by atoms with Crippen molar-refractivity contribution >= 4 is 10.0 Å². The number of rotatable bonds is 3. The molecule has 1 aromatic rings. The normalized spacial score (nSPS) is 24.2. The Balaban J connectivity index is 2.22. The summed E-state index contributed by atoms with van der Waals surface area (Å²) in [5.41, 5.74) is -0.0689. The van der Waals surface area contributed by atoms with E-state index in [0.29, 0.717) is 0 Å². The van der Waals surface area contributed by atoms with Crippen LogP contribution in [-0.4, -0.2) is 44.5 Å². The SMILES string of the molecule is CC1CN(C)CCC1NS(=O)(=O)c1cccnc1C#N. The van der Waals surface area contributed by atoms with Crippen LogP contribution in [0.2, 0.25) is 0 Å². The smallest absolute Gasteiger partial charge is 0.243 e. The van der Waals surface area contributed by atoms with Gasteiger partial charge in [0.05, 0.1) is 0 Å². The Labute approximate surface area is 119 Å². The number of piperidine rings is 1. The number of nitriles is 1. The topological polar surface area (TPSA) is 86.1 Å². The summed E-state index contributed by atoms with van der Waals surface area (Å²) in [7, 11) is -1.68. The third kappa shape index (κ3) is 3.15. The fourth-order valence-electron chi connectivity index (χ4n) is 2.48. The van der Waals surface area contributed by atoms with Crippen molar-refractivity contribution in [2.75, 3.05) is 20.1 Å². The van der Waals surface area contributed by atoms with Crippen LogP contribution < -0.4 is 4.72 Å². The second-order valence-corrected chi connectivity index (χ2v) is 6.90. The van der Waals surface area contributed by atoms with Crippen molar-refractivity contribution in [2.45, 2.75) is 24.3 Å². The summed E-state index contributed by atoms with van der Waals surface area (Å²) >= 11 is 0. The van der Waals surface area contributed by atoms with E-state index in [-0.39, 0.29) is 22.5 Å². The van der Waals surface area contributed by atoms with Crippen LogP contribution in [0, 0.1) is 17.2 Å². The summed E-state index contributed by atoms with van der Waals surface area (Å²) in [6.45, 7) is 3.73. The van der Waals surface area contributed by atoms with E-state index in [9.17, 15) is 8.42 Å². The standard InChI is InChI=1S/C13H18N4O2S/c1-10-9-17(2)7-5-11(10)16-20(18,19)13-4-3-6-15-12(13)8-14/h3-4,6,10-11,16H,5,7,9H2,1-2H3. The predicted octanol–water partition coefficient (Wildman–Crippen LogP) is 0.572. The molecule has 6 nitrogen and oxygen atoms in total. The number of nitrogens with one attached hydrogen (secondary N) is 1. The molecular weight excluding hydrogens is 276 g/mol. The zero-order chi connectivity index (χ0) is 14.8. The molecule has 0 aliphatic carbocycles. The molecule has 20 heavy (non-hydrogen) atoms. The van der Waals surface area contributed by atoms with Crippen LogP contribution in [0.1, 0.15) is 19.0 Å². The van der Waals surface area contributed by atoms with Crippen molar-refractivity contribution < 1.29 is 8.42 Å². The van der Waals surface area contributed by atoms with Crippen LogP contribution in [0.5, 0.6) is 0 Å². The molecule has 0 amide bonds. The van der Waals surface area contributed by atoms with Gasteiger partial charge in [-0.1, -0.05) is 6.92 Å². The van der Waals surface area contributed by atoms with E-state index < -0.39 is 10.0 Å². The van der Waals surface area contributed by atoms with Crippen LogP contribution in [-0.2, 0) is 10.0 Å². The Morgan fingerprint density at radius 2 is 2.30 bits per heavy atom. The molecule has 0 spiro atoms. The second-order valence-electron chi connectivity index (χ2n) is 5.22. The molecule has 1 aromatic heterocycles. The average molecular weight is 294 g/mol. The highest BCUT2D eigenvalue weighted by Gasteiger charge is 2.29. The Morgan fingerprint density at radius 1 is 1.55 bits per heavy atom. The Hall–Kier alpha value is -1.49. The van der Waals surface area contributed by atoms with Gasteiger partial charge in [0.25, 0.3) is 0 Å². The maximum atomic E-state index is 12.4. The van der Waals surface area contributed by atoms with E-state index in [2.05, 4.69) is 14.6 Å². The first-order valence-electron chi connectivity index (χ1n) is 6.50. The van der Waals surface area contributed by atoms with Crippen molar-refractivity contribution in [3.8, 4) is 6.07 Å². The van der Waals surface area contributed by atoms with Crippen LogP contribution in [0.3, 0.4) is 0 Å². The lowest BCUT2D eigenvalue weighted by molar-refractivity contribution is 0.188. The van der Waals surface area contributed by atoms with Crippen molar-refractivity contribution in [1.29, 1.82) is 5.26 Å². The summed E-state index contributed by atoms with van der Waals surface area (Å²) in [6.07, 6.45) is 2.18. The van der Waals surface area contributed by atoms with Gasteiger partial charge >= 0.3 is 0 Å². The Kier molecular flexibility index (Phi) is 4.38. The zero-order valence-corrected chi connectivity index (χ0v) is 12.4. The molecule has 2 heterocycles. The second kappa shape index (κ2) is 5.87. The fourth-order valence-corrected chi connectivity index (χ4v) is 3.97. The maximum Gasteiger partial charge on any atom is 0.243 e. The molecule has 1 aliphatic heterocycles. The molecule has 1 aliphatic rings. The maximum absolute atomic E-state index is 12.4. The van der Waals surface area contributed by atoms with Gasteiger partial charge in [-0.15, -0.1) is 0 Å². The summed E-state index contributed by atoms with van der Waals surface area (Å²) in [4.78, 5) is 5.93. The predicted molar refractivity (Wildman–Crippen MR) is 74.3 cm³/mol. The van der Waals surface area contributed by atoms with E-state index >= 15 is 0 Å². The molecule has 1 fully saturated rings. The molecule has 2 atom stereocenters. The van der Waals surface area contributed by atoms with E-state index in [1.54, 1.807) is 0 Å². The van der Waals surface area contributed by atoms with Gasteiger partial charge < -0.3 is 4.90 Å². The molecule has 2 rings (SSSR count). The zero-order valence-electron chi connectivity index (χ0n) is 11.6. The summed E-state index contributed by atoms with van der Waals surface area (Å²) < 4.78 is 27.5. The minimum absolute atomic E-state index is 0.0476. The summed E-state index contributed by atoms with van der Waals surface area (Å²) in [5.74, 6) is 0.228. The lowest BCUT2D eigenvalue weighted by Crippen LogP contribution is -2.48. The van der Waals surface area contributed by atoms with Crippen LogP contribution in [0.4, 0.5) is 0 Å². The molecule has 1 saturated heterocycles. The van der Waals surface area contributed by atoms with Gasteiger partial charge in [0.15, 0.2) is 5.69 Å². The number of pyridine rings is 1. The van der Waals surface area contributed by atoms with Gasteiger partial charge in [0.2, 0.25) is 10.0 Å². The number of nitrogens with zero attached hydrogens (tertiary/aromatic N) is 3. The van der Waals surface area contributed by atoms with Gasteiger partial charge in [0, 0.05) is 18.8 Å². The number of aromatic nitrogens is 1. The number of hydrogen-bond acceptors (Lipinski definition) is 5. The quantitative estimate of drug-likeness (QED) is 0.881. The number of hydrogen-bond donors (Lipinski definition) is 1. The fraction of sp³-hybridized carbons (Fsp3) is 0.538. The van der Waals surface area contributed by atoms with Crippen molar-refractivity contribution in [2.24, 2.45) is 5.92 Å². The van der Waals surface area contributed by atoms with Crippen LogP contribution >= 0.6 is 0 Å². The summed E-state index contributed by atoms with van der Waals surface area (Å²) in [5, 5.41) is 8.96. The van der Waals surface area contributed by atoms with E-state index in [4.69, 9.17) is 5.26 Å². The molecule has 0 saturated carbocycles. The summed E-state index contributed by atoms with van der Waals surface area (Å²) in [6, 6.07) is 4.64. The van der Waals surface area contributed by atoms with Gasteiger partial charge in [-0.25, -0.2) is 18.1 Å². The molecule has 0 radical (unpaired) electrons. The number of sulfonamides is 1. The first-order chi connectivity index (χ1) is 9.44. The Morgan fingerprint density at radius 3 is 2.95 bits per heavy atom. The van der Waals surface area contributed by atoms with Crippen molar-refractivity contribution in [3.63, 3.8) is 0 Å². The van der Waals surface area contributed by atoms with Crippen molar-refractivity contribution in [3.05, 3.63) is 24.0 Å². The Bertz CT molecular complexity index is 624. The van der Waals surface area contributed by atoms with Crippen molar-refractivity contribution in [1.82, 2.24) is 14.6 Å². The monoisotopic (exact) mass is 294 g/mol. The molecule has 2 unspecified atom stereocenters. The van der Waals surface area contributed by atoms with E-state index in [1.165, 1.54) is 18.3 Å². The van der Waals surface area contributed by atoms with Gasteiger partial charge in [-0.3, -0.25) is 0 Å². The highest BCUT2D eigenvalue weighted by Crippen LogP contribution is 2.19. The highest BCUT2D eigenvalue weighted by molar-refractivity contribution is 7.89. The van der Waals surface area contributed by atoms with E-state index in [0.717, 1.165) is 19.5 Å². The highest BCUT2D eigenvalue weighted by atomic mass is 32.2. The first kappa shape index (κ1) is 14.9. The lowest BCUT2D eigenvalue weighted by Gasteiger charge is -2.34. The van der Waals surface area contributed by atoms with Gasteiger partial charge in [-0.2, -0.15) is 5.26 Å². The van der Waals surface area contributed by atoms with Crippen LogP contribution in [0.25, 0.3) is 0 Å². The average Bonchev–Trinajstić information content (AvgIpc) is 2.42. The minimum Gasteiger partial charge on any atom is -0.306 e. The number of likely N-dealkylation sites (tertiary alicyclic amines) is 1. The molecule has 1 N–H and O–H groups in total. The minimum atomic E-state index is -3.71. The van der Waals surface area contributed by atoms with Gasteiger partial charge in [0.1, 0.15) is 11.0 Å². The molecule has 0 aromatic carbocycles. The third-order valence-electron chi connectivity index (χ3n) is 3.58. The molecule has 7 heteroatoms. The lowest BCUT2D eigenvalue weighted by atomic mass is 9.95. The van der Waals surface area contributed by atoms with Gasteiger partial charge in [-0.05, 0) is 38.1 Å². The van der Waals surface area contributed by atoms with E-state index in [1.807, 2.05) is 20.0 Å². The largest absolute Gasteiger partial charge is 0.306 e. The molecular formula is C13H18N4O2S. The molecule has 108 valence electrons. The van der Waals surface area contributed by atoms with Crippen LogP contribution in [0.15, 0.2) is 23.2 Å².